The van der Waals surface area contributed by atoms with Gasteiger partial charge in [-0.1, -0.05) is 6.07 Å². The summed E-state index contributed by atoms with van der Waals surface area (Å²) in [7, 11) is -0.190. The van der Waals surface area contributed by atoms with Crippen molar-refractivity contribution in [2.24, 2.45) is 0 Å². The minimum Gasteiger partial charge on any atom is -0.497 e. The number of unbranched alkanes of at least 4 members (excludes halogenated alkanes) is 1. The molecule has 0 unspecified atom stereocenters. The molecule has 0 radical (unpaired) electrons. The summed E-state index contributed by atoms with van der Waals surface area (Å²) < 4.78 is 36.4. The largest absolute Gasteiger partial charge is 0.497 e. The molecule has 0 aliphatic carbocycles. The Morgan fingerprint density at radius 2 is 1.95 bits per heavy atom. The maximum absolute atomic E-state index is 11.8. The van der Waals surface area contributed by atoms with Crippen LogP contribution in [0.1, 0.15) is 18.4 Å². The third kappa shape index (κ3) is 5.56. The Bertz CT molecular complexity index is 519. The van der Waals surface area contributed by atoms with E-state index in [0.717, 1.165) is 5.56 Å². The molecule has 114 valence electrons. The molecule has 5 nitrogen and oxygen atoms in total. The van der Waals surface area contributed by atoms with E-state index in [0.29, 0.717) is 30.2 Å². The van der Waals surface area contributed by atoms with Gasteiger partial charge in [0.15, 0.2) is 0 Å². The van der Waals surface area contributed by atoms with Crippen LogP contribution in [0.4, 0.5) is 0 Å². The Hall–Kier alpha value is -0.980. The number of hydrogen-bond donors (Lipinski definition) is 1. The first-order chi connectivity index (χ1) is 9.52. The standard InChI is InChI=1S/C13H20ClNO4S/c1-18-12-6-5-11(13(9-12)19-2)10-15-20(16,17)8-4-3-7-14/h5-6,9,15H,3-4,7-8,10H2,1-2H3. The summed E-state index contributed by atoms with van der Waals surface area (Å²) in [5.74, 6) is 1.81. The summed E-state index contributed by atoms with van der Waals surface area (Å²) in [6, 6.07) is 5.26. The molecule has 0 saturated carbocycles. The minimum atomic E-state index is -3.29. The third-order valence-corrected chi connectivity index (χ3v) is 4.45. The molecule has 1 aromatic rings. The van der Waals surface area contributed by atoms with Gasteiger partial charge in [0.1, 0.15) is 11.5 Å². The number of ether oxygens (including phenoxy) is 2. The molecule has 20 heavy (non-hydrogen) atoms. The van der Waals surface area contributed by atoms with Crippen molar-refractivity contribution in [1.29, 1.82) is 0 Å². The van der Waals surface area contributed by atoms with Gasteiger partial charge < -0.3 is 9.47 Å². The SMILES string of the molecule is COc1ccc(CNS(=O)(=O)CCCCCl)c(OC)c1. The second-order valence-electron chi connectivity index (χ2n) is 4.21. The van der Waals surface area contributed by atoms with E-state index in [1.165, 1.54) is 7.11 Å². The Morgan fingerprint density at radius 1 is 1.20 bits per heavy atom. The number of methoxy groups -OCH3 is 2. The highest BCUT2D eigenvalue weighted by Gasteiger charge is 2.12. The molecule has 0 bridgehead atoms. The van der Waals surface area contributed by atoms with Gasteiger partial charge in [0, 0.05) is 24.1 Å². The molecule has 0 atom stereocenters. The van der Waals surface area contributed by atoms with E-state index >= 15 is 0 Å². The lowest BCUT2D eigenvalue weighted by molar-refractivity contribution is 0.390. The van der Waals surface area contributed by atoms with Crippen LogP contribution in [0.5, 0.6) is 11.5 Å². The van der Waals surface area contributed by atoms with E-state index in [1.54, 1.807) is 25.3 Å². The van der Waals surface area contributed by atoms with E-state index in [2.05, 4.69) is 4.72 Å². The van der Waals surface area contributed by atoms with Gasteiger partial charge in [0.25, 0.3) is 0 Å². The van der Waals surface area contributed by atoms with Crippen LogP contribution in [0, 0.1) is 0 Å². The molecular weight excluding hydrogens is 302 g/mol. The van der Waals surface area contributed by atoms with Crippen LogP contribution in [0.2, 0.25) is 0 Å². The van der Waals surface area contributed by atoms with Crippen molar-refractivity contribution in [3.8, 4) is 11.5 Å². The van der Waals surface area contributed by atoms with Gasteiger partial charge in [-0.15, -0.1) is 11.6 Å². The smallest absolute Gasteiger partial charge is 0.211 e. The summed E-state index contributed by atoms with van der Waals surface area (Å²) in [6.45, 7) is 0.191. The molecule has 7 heteroatoms. The van der Waals surface area contributed by atoms with Crippen LogP contribution in [-0.4, -0.2) is 34.3 Å². The molecule has 1 N–H and O–H groups in total. The zero-order valence-corrected chi connectivity index (χ0v) is 13.3. The van der Waals surface area contributed by atoms with Gasteiger partial charge >= 0.3 is 0 Å². The number of hydrogen-bond acceptors (Lipinski definition) is 4. The van der Waals surface area contributed by atoms with Crippen LogP contribution in [0.15, 0.2) is 18.2 Å². The zero-order chi connectivity index (χ0) is 15.0. The average molecular weight is 322 g/mol. The Kier molecular flexibility index (Phi) is 7.12. The molecule has 0 heterocycles. The summed E-state index contributed by atoms with van der Waals surface area (Å²) >= 11 is 5.53. The molecule has 0 aliphatic rings. The maximum Gasteiger partial charge on any atom is 0.211 e. The first-order valence-electron chi connectivity index (χ1n) is 6.26. The Morgan fingerprint density at radius 3 is 2.55 bits per heavy atom. The zero-order valence-electron chi connectivity index (χ0n) is 11.7. The highest BCUT2D eigenvalue weighted by molar-refractivity contribution is 7.89. The normalized spacial score (nSPS) is 11.3. The number of halogens is 1. The lowest BCUT2D eigenvalue weighted by atomic mass is 10.2. The van der Waals surface area contributed by atoms with Crippen LogP contribution in [0.3, 0.4) is 0 Å². The van der Waals surface area contributed by atoms with Crippen molar-refractivity contribution >= 4 is 21.6 Å². The summed E-state index contributed by atoms with van der Waals surface area (Å²) in [4.78, 5) is 0. The van der Waals surface area contributed by atoms with Crippen molar-refractivity contribution in [2.75, 3.05) is 25.9 Å². The molecule has 0 aliphatic heterocycles. The van der Waals surface area contributed by atoms with Crippen molar-refractivity contribution in [3.63, 3.8) is 0 Å². The molecule has 0 amide bonds. The molecule has 0 spiro atoms. The fourth-order valence-electron chi connectivity index (χ4n) is 1.64. The highest BCUT2D eigenvalue weighted by atomic mass is 35.5. The van der Waals surface area contributed by atoms with Crippen LogP contribution >= 0.6 is 11.6 Å². The van der Waals surface area contributed by atoms with Crippen LogP contribution in [-0.2, 0) is 16.6 Å². The molecular formula is C13H20ClNO4S. The predicted molar refractivity (Wildman–Crippen MR) is 80.1 cm³/mol. The lowest BCUT2D eigenvalue weighted by Gasteiger charge is -2.11. The topological polar surface area (TPSA) is 64.6 Å². The average Bonchev–Trinajstić information content (AvgIpc) is 2.45. The second-order valence-corrected chi connectivity index (χ2v) is 6.52. The Labute approximate surface area is 125 Å². The number of alkyl halides is 1. The predicted octanol–water partition coefficient (Wildman–Crippen LogP) is 2.14. The quantitative estimate of drug-likeness (QED) is 0.559. The fourth-order valence-corrected chi connectivity index (χ4v) is 2.94. The summed E-state index contributed by atoms with van der Waals surface area (Å²) in [5, 5.41) is 0. The first-order valence-corrected chi connectivity index (χ1v) is 8.45. The maximum atomic E-state index is 11.8. The lowest BCUT2D eigenvalue weighted by Crippen LogP contribution is -2.26. The van der Waals surface area contributed by atoms with Gasteiger partial charge in [-0.25, -0.2) is 13.1 Å². The van der Waals surface area contributed by atoms with Gasteiger partial charge in [-0.2, -0.15) is 0 Å². The van der Waals surface area contributed by atoms with Gasteiger partial charge in [-0.3, -0.25) is 0 Å². The molecule has 0 saturated heterocycles. The van der Waals surface area contributed by atoms with Gasteiger partial charge in [0.05, 0.1) is 20.0 Å². The van der Waals surface area contributed by atoms with Crippen molar-refractivity contribution in [3.05, 3.63) is 23.8 Å². The molecule has 0 fully saturated rings. The van der Waals surface area contributed by atoms with E-state index < -0.39 is 10.0 Å². The fraction of sp³-hybridized carbons (Fsp3) is 0.538. The first kappa shape index (κ1) is 17.1. The van der Waals surface area contributed by atoms with Gasteiger partial charge in [0.2, 0.25) is 10.0 Å². The molecule has 0 aromatic heterocycles. The van der Waals surface area contributed by atoms with Crippen LogP contribution in [0.25, 0.3) is 0 Å². The van der Waals surface area contributed by atoms with E-state index in [4.69, 9.17) is 21.1 Å². The third-order valence-electron chi connectivity index (χ3n) is 2.77. The molecule has 1 aromatic carbocycles. The summed E-state index contributed by atoms with van der Waals surface area (Å²) in [5.41, 5.74) is 0.759. The second kappa shape index (κ2) is 8.34. The number of nitrogens with one attached hydrogen (secondary N) is 1. The number of benzene rings is 1. The van der Waals surface area contributed by atoms with Crippen molar-refractivity contribution in [2.45, 2.75) is 19.4 Å². The monoisotopic (exact) mass is 321 g/mol. The van der Waals surface area contributed by atoms with E-state index in [-0.39, 0.29) is 12.3 Å². The van der Waals surface area contributed by atoms with Crippen molar-refractivity contribution < 1.29 is 17.9 Å². The molecule has 1 rings (SSSR count). The Balaban J connectivity index is 2.65. The minimum absolute atomic E-state index is 0.0815. The van der Waals surface area contributed by atoms with E-state index in [1.807, 2.05) is 0 Å². The number of rotatable bonds is 9. The summed E-state index contributed by atoms with van der Waals surface area (Å²) in [6.07, 6.45) is 1.24. The number of sulfonamides is 1. The van der Waals surface area contributed by atoms with Gasteiger partial charge in [-0.05, 0) is 18.9 Å². The van der Waals surface area contributed by atoms with Crippen molar-refractivity contribution in [1.82, 2.24) is 4.72 Å². The van der Waals surface area contributed by atoms with E-state index in [9.17, 15) is 8.42 Å². The highest BCUT2D eigenvalue weighted by Crippen LogP contribution is 2.24. The van der Waals surface area contributed by atoms with Crippen LogP contribution < -0.4 is 14.2 Å².